The Labute approximate surface area is 219 Å². The van der Waals surface area contributed by atoms with Gasteiger partial charge in [-0.25, -0.2) is 4.79 Å². The summed E-state index contributed by atoms with van der Waals surface area (Å²) in [6.45, 7) is 0. The van der Waals surface area contributed by atoms with E-state index in [2.05, 4.69) is 16.0 Å². The topological polar surface area (TPSA) is 142 Å². The third-order valence-electron chi connectivity index (χ3n) is 6.26. The van der Waals surface area contributed by atoms with Crippen LogP contribution in [0.5, 0.6) is 0 Å². The van der Waals surface area contributed by atoms with E-state index in [-0.39, 0.29) is 12.2 Å². The van der Waals surface area contributed by atoms with Gasteiger partial charge in [-0.3, -0.25) is 19.2 Å². The molecule has 1 saturated heterocycles. The minimum atomic E-state index is -1.26. The normalized spacial score (nSPS) is 17.6. The van der Waals surface area contributed by atoms with E-state index in [9.17, 15) is 29.1 Å². The third kappa shape index (κ3) is 6.70. The standard InChI is InChI=1S/C29H27N3O6/c33-25(17-23-28(36)31-22(27(35)32-23)15-18-7-3-1-4-8-18)30-24(29(37)38)16-19-11-13-21(14-12-19)26(34)20-9-5-2-6-10-20/h1-14,22-24H,15-17H2,(H,30,33)(H,31,36)(H,32,35)(H,37,38)/t22-,23-,24-/m0/s1. The van der Waals surface area contributed by atoms with Gasteiger partial charge >= 0.3 is 5.97 Å². The molecule has 194 valence electrons. The lowest BCUT2D eigenvalue weighted by Crippen LogP contribution is -2.63. The van der Waals surface area contributed by atoms with E-state index in [1.54, 1.807) is 48.5 Å². The van der Waals surface area contributed by atoms with E-state index in [0.717, 1.165) is 5.56 Å². The van der Waals surface area contributed by atoms with Gasteiger partial charge in [0.05, 0.1) is 6.42 Å². The monoisotopic (exact) mass is 513 g/mol. The highest BCUT2D eigenvalue weighted by Gasteiger charge is 2.35. The van der Waals surface area contributed by atoms with Crippen molar-refractivity contribution in [2.45, 2.75) is 37.4 Å². The van der Waals surface area contributed by atoms with Gasteiger partial charge < -0.3 is 21.1 Å². The van der Waals surface area contributed by atoms with Crippen LogP contribution in [-0.2, 0) is 32.0 Å². The minimum Gasteiger partial charge on any atom is -0.480 e. The molecule has 9 heteroatoms. The molecule has 4 rings (SSSR count). The van der Waals surface area contributed by atoms with E-state index in [0.29, 0.717) is 23.1 Å². The molecular weight excluding hydrogens is 486 g/mol. The lowest BCUT2D eigenvalue weighted by molar-refractivity contribution is -0.142. The highest BCUT2D eigenvalue weighted by molar-refractivity contribution is 6.09. The summed E-state index contributed by atoms with van der Waals surface area (Å²) in [5.74, 6) is -3.01. The van der Waals surface area contributed by atoms with Crippen LogP contribution in [0.4, 0.5) is 0 Å². The second-order valence-corrected chi connectivity index (χ2v) is 9.07. The molecule has 3 aromatic carbocycles. The summed E-state index contributed by atoms with van der Waals surface area (Å²) in [6, 6.07) is 21.4. The van der Waals surface area contributed by atoms with Gasteiger partial charge in [-0.15, -0.1) is 0 Å². The van der Waals surface area contributed by atoms with E-state index < -0.39 is 48.2 Å². The quantitative estimate of drug-likeness (QED) is 0.304. The van der Waals surface area contributed by atoms with Crippen molar-refractivity contribution in [2.75, 3.05) is 0 Å². The zero-order valence-corrected chi connectivity index (χ0v) is 20.4. The largest absolute Gasteiger partial charge is 0.480 e. The van der Waals surface area contributed by atoms with Gasteiger partial charge in [0, 0.05) is 24.0 Å². The van der Waals surface area contributed by atoms with Crippen molar-refractivity contribution < 1.29 is 29.1 Å². The molecular formula is C29H27N3O6. The number of carbonyl (C=O) groups is 5. The van der Waals surface area contributed by atoms with Crippen molar-refractivity contribution in [1.29, 1.82) is 0 Å². The SMILES string of the molecule is O=C(C[C@@H]1NC(=O)[C@H](Cc2ccccc2)NC1=O)N[C@@H](Cc1ccc(C(=O)c2ccccc2)cc1)C(=O)O. The summed E-state index contributed by atoms with van der Waals surface area (Å²) >= 11 is 0. The molecule has 1 heterocycles. The number of rotatable bonds is 10. The lowest BCUT2D eigenvalue weighted by atomic mass is 9.99. The highest BCUT2D eigenvalue weighted by Crippen LogP contribution is 2.13. The van der Waals surface area contributed by atoms with E-state index in [1.807, 2.05) is 36.4 Å². The molecule has 0 bridgehead atoms. The predicted molar refractivity (Wildman–Crippen MR) is 138 cm³/mol. The number of carboxylic acids is 1. The fourth-order valence-electron chi connectivity index (χ4n) is 4.24. The molecule has 0 unspecified atom stereocenters. The van der Waals surface area contributed by atoms with Crippen LogP contribution in [0.2, 0.25) is 0 Å². The van der Waals surface area contributed by atoms with Crippen LogP contribution in [0.25, 0.3) is 0 Å². The molecule has 0 saturated carbocycles. The molecule has 1 aliphatic heterocycles. The number of nitrogens with one attached hydrogen (secondary N) is 3. The lowest BCUT2D eigenvalue weighted by Gasteiger charge is -2.29. The van der Waals surface area contributed by atoms with Crippen molar-refractivity contribution >= 4 is 29.5 Å². The second kappa shape index (κ2) is 12.0. The number of aliphatic carboxylic acids is 1. The molecule has 38 heavy (non-hydrogen) atoms. The fraction of sp³-hybridized carbons (Fsp3) is 0.207. The zero-order valence-electron chi connectivity index (χ0n) is 20.4. The molecule has 0 spiro atoms. The van der Waals surface area contributed by atoms with Gasteiger partial charge in [0.2, 0.25) is 17.7 Å². The van der Waals surface area contributed by atoms with Crippen molar-refractivity contribution in [1.82, 2.24) is 16.0 Å². The number of carboxylic acid groups (broad SMARTS) is 1. The predicted octanol–water partition coefficient (Wildman–Crippen LogP) is 1.65. The van der Waals surface area contributed by atoms with Gasteiger partial charge in [-0.2, -0.15) is 0 Å². The van der Waals surface area contributed by atoms with Crippen LogP contribution in [0.1, 0.15) is 33.5 Å². The van der Waals surface area contributed by atoms with Gasteiger partial charge in [-0.05, 0) is 11.1 Å². The van der Waals surface area contributed by atoms with Crippen molar-refractivity contribution in [3.05, 3.63) is 107 Å². The number of amides is 3. The summed E-state index contributed by atoms with van der Waals surface area (Å²) < 4.78 is 0. The average Bonchev–Trinajstić information content (AvgIpc) is 2.92. The molecule has 0 radical (unpaired) electrons. The second-order valence-electron chi connectivity index (χ2n) is 9.07. The van der Waals surface area contributed by atoms with Crippen molar-refractivity contribution in [3.63, 3.8) is 0 Å². The molecule has 0 aromatic heterocycles. The summed E-state index contributed by atoms with van der Waals surface area (Å²) in [5.41, 5.74) is 2.49. The maximum absolute atomic E-state index is 12.6. The maximum atomic E-state index is 12.6. The minimum absolute atomic E-state index is 0.0246. The van der Waals surface area contributed by atoms with Crippen LogP contribution in [0, 0.1) is 0 Å². The molecule has 4 N–H and O–H groups in total. The molecule has 3 atom stereocenters. The third-order valence-corrected chi connectivity index (χ3v) is 6.26. The molecule has 0 aliphatic carbocycles. The Morgan fingerprint density at radius 1 is 0.737 bits per heavy atom. The van der Waals surface area contributed by atoms with Crippen molar-refractivity contribution in [2.24, 2.45) is 0 Å². The van der Waals surface area contributed by atoms with Crippen LogP contribution >= 0.6 is 0 Å². The summed E-state index contributed by atoms with van der Waals surface area (Å²) in [4.78, 5) is 62.0. The van der Waals surface area contributed by atoms with E-state index >= 15 is 0 Å². The number of hydrogen-bond donors (Lipinski definition) is 4. The van der Waals surface area contributed by atoms with Gasteiger partial charge in [-0.1, -0.05) is 84.9 Å². The van der Waals surface area contributed by atoms with Crippen molar-refractivity contribution in [3.8, 4) is 0 Å². The fourth-order valence-corrected chi connectivity index (χ4v) is 4.24. The number of benzene rings is 3. The van der Waals surface area contributed by atoms with Crippen LogP contribution in [0.15, 0.2) is 84.9 Å². The summed E-state index contributed by atoms with van der Waals surface area (Å²) in [5, 5.41) is 17.3. The average molecular weight is 514 g/mol. The maximum Gasteiger partial charge on any atom is 0.326 e. The number of carbonyl (C=O) groups excluding carboxylic acids is 4. The highest BCUT2D eigenvalue weighted by atomic mass is 16.4. The number of hydrogen-bond acceptors (Lipinski definition) is 5. The van der Waals surface area contributed by atoms with Crippen LogP contribution < -0.4 is 16.0 Å². The van der Waals surface area contributed by atoms with Gasteiger partial charge in [0.1, 0.15) is 18.1 Å². The molecule has 9 nitrogen and oxygen atoms in total. The first-order valence-electron chi connectivity index (χ1n) is 12.2. The summed E-state index contributed by atoms with van der Waals surface area (Å²) in [6.07, 6.45) is -0.110. The van der Waals surface area contributed by atoms with Gasteiger partial charge in [0.25, 0.3) is 0 Å². The summed E-state index contributed by atoms with van der Waals surface area (Å²) in [7, 11) is 0. The first-order chi connectivity index (χ1) is 18.3. The smallest absolute Gasteiger partial charge is 0.326 e. The Morgan fingerprint density at radius 3 is 1.92 bits per heavy atom. The number of ketones is 1. The zero-order chi connectivity index (χ0) is 27.1. The first-order valence-corrected chi connectivity index (χ1v) is 12.2. The Kier molecular flexibility index (Phi) is 8.27. The Bertz CT molecular complexity index is 1330. The Hall–Kier alpha value is -4.79. The molecule has 1 aliphatic rings. The molecule has 3 amide bonds. The van der Waals surface area contributed by atoms with Crippen LogP contribution in [0.3, 0.4) is 0 Å². The number of piperazine rings is 1. The first kappa shape index (κ1) is 26.3. The Morgan fingerprint density at radius 2 is 1.29 bits per heavy atom. The van der Waals surface area contributed by atoms with Gasteiger partial charge in [0.15, 0.2) is 5.78 Å². The molecule has 3 aromatic rings. The van der Waals surface area contributed by atoms with Crippen LogP contribution in [-0.4, -0.2) is 52.7 Å². The van der Waals surface area contributed by atoms with E-state index in [4.69, 9.17) is 0 Å². The Balaban J connectivity index is 1.32. The molecule has 1 fully saturated rings. The van der Waals surface area contributed by atoms with E-state index in [1.165, 1.54) is 0 Å².